The molecule has 0 spiro atoms. The van der Waals surface area contributed by atoms with Gasteiger partial charge in [0.2, 0.25) is 0 Å². The van der Waals surface area contributed by atoms with Crippen LogP contribution in [0.5, 0.6) is 0 Å². The Hall–Kier alpha value is -0.000000000000000167. The summed E-state index contributed by atoms with van der Waals surface area (Å²) in [6.07, 6.45) is 0.172. The van der Waals surface area contributed by atoms with Crippen LogP contribution in [-0.2, 0) is 14.4 Å². The summed E-state index contributed by atoms with van der Waals surface area (Å²) >= 11 is 24.9. The molecule has 1 saturated carbocycles. The number of alkyl halides is 2. The molecule has 0 aromatic carbocycles. The van der Waals surface area contributed by atoms with E-state index in [0.717, 1.165) is 0 Å². The van der Waals surface area contributed by atoms with Gasteiger partial charge in [-0.05, 0) is 6.42 Å². The number of fused-ring (bicyclic) bond motifs is 5. The van der Waals surface area contributed by atoms with Crippen LogP contribution in [0, 0.1) is 11.8 Å². The third-order valence-corrected chi connectivity index (χ3v) is 6.33. The number of carbonyl (C=O) groups is 2. The van der Waals surface area contributed by atoms with Gasteiger partial charge in [-0.15, -0.1) is 23.2 Å². The van der Waals surface area contributed by atoms with E-state index in [1.807, 2.05) is 0 Å². The highest BCUT2D eigenvalue weighted by molar-refractivity contribution is 6.52. The average Bonchev–Trinajstić information content (AvgIpc) is 2.78. The third-order valence-electron chi connectivity index (χ3n) is 3.87. The van der Waals surface area contributed by atoms with Gasteiger partial charge in [-0.1, -0.05) is 23.2 Å². The van der Waals surface area contributed by atoms with E-state index in [4.69, 9.17) is 51.2 Å². The third kappa shape index (κ3) is 1.15. The Kier molecular flexibility index (Phi) is 2.57. The van der Waals surface area contributed by atoms with Gasteiger partial charge < -0.3 is 0 Å². The Morgan fingerprint density at radius 1 is 1.11 bits per heavy atom. The zero-order valence-electron chi connectivity index (χ0n) is 9.05. The molecule has 4 nitrogen and oxygen atoms in total. The van der Waals surface area contributed by atoms with E-state index in [1.165, 1.54) is 7.11 Å². The van der Waals surface area contributed by atoms with Gasteiger partial charge in [0.25, 0.3) is 11.8 Å². The highest BCUT2D eigenvalue weighted by Crippen LogP contribution is 2.69. The summed E-state index contributed by atoms with van der Waals surface area (Å²) in [5, 5.41) is 0.991. The van der Waals surface area contributed by atoms with Crippen molar-refractivity contribution in [2.24, 2.45) is 11.8 Å². The topological polar surface area (TPSA) is 46.6 Å². The van der Waals surface area contributed by atoms with Crippen molar-refractivity contribution in [2.45, 2.75) is 16.2 Å². The molecule has 0 N–H and O–H groups in total. The van der Waals surface area contributed by atoms with E-state index < -0.39 is 33.4 Å². The van der Waals surface area contributed by atoms with Crippen molar-refractivity contribution in [3.05, 3.63) is 10.1 Å². The lowest BCUT2D eigenvalue weighted by atomic mass is 9.84. The quantitative estimate of drug-likeness (QED) is 0.547. The second-order valence-electron chi connectivity index (χ2n) is 4.64. The molecule has 3 aliphatic rings. The number of carbonyl (C=O) groups excluding carboxylic acids is 2. The smallest absolute Gasteiger partial charge is 0.259 e. The number of hydroxylamine groups is 2. The van der Waals surface area contributed by atoms with Crippen LogP contribution in [0.25, 0.3) is 0 Å². The molecule has 1 aliphatic heterocycles. The van der Waals surface area contributed by atoms with E-state index in [0.29, 0.717) is 5.06 Å². The van der Waals surface area contributed by atoms with Gasteiger partial charge in [-0.25, -0.2) is 0 Å². The van der Waals surface area contributed by atoms with E-state index in [-0.39, 0.29) is 16.5 Å². The molecule has 0 aromatic rings. The number of allylic oxidation sites excluding steroid dienone is 2. The van der Waals surface area contributed by atoms with E-state index in [9.17, 15) is 9.59 Å². The van der Waals surface area contributed by atoms with Crippen LogP contribution in [0.15, 0.2) is 10.1 Å². The van der Waals surface area contributed by atoms with Gasteiger partial charge in [-0.2, -0.15) is 5.06 Å². The maximum absolute atomic E-state index is 12.1. The summed E-state index contributed by atoms with van der Waals surface area (Å²) in [5.41, 5.74) is 0. The molecule has 0 unspecified atom stereocenters. The second-order valence-corrected chi connectivity index (χ2v) is 6.74. The number of hydrogen-bond acceptors (Lipinski definition) is 3. The summed E-state index contributed by atoms with van der Waals surface area (Å²) < 4.78 is 0. The number of imide groups is 1. The lowest BCUT2D eigenvalue weighted by Gasteiger charge is -2.28. The Balaban J connectivity index is 2.20. The molecule has 2 aliphatic carbocycles. The van der Waals surface area contributed by atoms with Crippen molar-refractivity contribution < 1.29 is 14.4 Å². The lowest BCUT2D eigenvalue weighted by Crippen LogP contribution is -2.38. The summed E-state index contributed by atoms with van der Waals surface area (Å²) in [4.78, 5) is 26.6. The first kappa shape index (κ1) is 13.0. The van der Waals surface area contributed by atoms with Gasteiger partial charge in [0, 0.05) is 0 Å². The molecule has 3 rings (SSSR count). The van der Waals surface area contributed by atoms with Crippen LogP contribution < -0.4 is 0 Å². The number of hydrogen-bond donors (Lipinski definition) is 0. The van der Waals surface area contributed by atoms with Gasteiger partial charge >= 0.3 is 0 Å². The molecule has 8 heteroatoms. The monoisotopic (exact) mass is 329 g/mol. The van der Waals surface area contributed by atoms with Crippen LogP contribution in [0.1, 0.15) is 6.42 Å². The van der Waals surface area contributed by atoms with E-state index in [2.05, 4.69) is 0 Å². The Morgan fingerprint density at radius 3 is 1.83 bits per heavy atom. The minimum absolute atomic E-state index is 0.154. The molecule has 98 valence electrons. The van der Waals surface area contributed by atoms with Crippen LogP contribution in [0.2, 0.25) is 0 Å². The van der Waals surface area contributed by atoms with E-state index in [1.54, 1.807) is 0 Å². The zero-order valence-corrected chi connectivity index (χ0v) is 12.1. The first-order chi connectivity index (χ1) is 8.29. The molecule has 4 atom stereocenters. The average molecular weight is 331 g/mol. The van der Waals surface area contributed by atoms with Crippen LogP contribution in [0.4, 0.5) is 0 Å². The normalized spacial score (nSPS) is 46.4. The highest BCUT2D eigenvalue weighted by atomic mass is 35.5. The second kappa shape index (κ2) is 3.55. The summed E-state index contributed by atoms with van der Waals surface area (Å²) in [5.74, 6) is -2.68. The van der Waals surface area contributed by atoms with Crippen LogP contribution >= 0.6 is 46.4 Å². The van der Waals surface area contributed by atoms with Crippen LogP contribution in [-0.4, -0.2) is 33.7 Å². The van der Waals surface area contributed by atoms with Crippen molar-refractivity contribution in [3.63, 3.8) is 0 Å². The first-order valence-electron chi connectivity index (χ1n) is 5.15. The van der Waals surface area contributed by atoms with Crippen LogP contribution in [0.3, 0.4) is 0 Å². The molecule has 0 aromatic heterocycles. The molecule has 1 heterocycles. The molecule has 18 heavy (non-hydrogen) atoms. The number of amides is 2. The van der Waals surface area contributed by atoms with Gasteiger partial charge in [0.05, 0.1) is 38.8 Å². The highest BCUT2D eigenvalue weighted by Gasteiger charge is 2.76. The largest absolute Gasteiger partial charge is 0.272 e. The minimum atomic E-state index is -1.20. The fourth-order valence-corrected chi connectivity index (χ4v) is 5.05. The summed E-state index contributed by atoms with van der Waals surface area (Å²) in [6.45, 7) is 0. The molecule has 1 saturated heterocycles. The number of rotatable bonds is 1. The molecular weight excluding hydrogens is 324 g/mol. The van der Waals surface area contributed by atoms with Gasteiger partial charge in [-0.3, -0.25) is 14.4 Å². The first-order valence-corrected chi connectivity index (χ1v) is 6.66. The maximum atomic E-state index is 12.1. The van der Waals surface area contributed by atoms with Crippen molar-refractivity contribution in [3.8, 4) is 0 Å². The fourth-order valence-electron chi connectivity index (χ4n) is 3.13. The van der Waals surface area contributed by atoms with Crippen molar-refractivity contribution in [2.75, 3.05) is 7.11 Å². The minimum Gasteiger partial charge on any atom is -0.272 e. The predicted octanol–water partition coefficient (Wildman–Crippen LogP) is 2.21. The fraction of sp³-hybridized carbons (Fsp3) is 0.600. The summed E-state index contributed by atoms with van der Waals surface area (Å²) in [7, 11) is 1.23. The molecule has 2 fully saturated rings. The van der Waals surface area contributed by atoms with Gasteiger partial charge in [0.15, 0.2) is 0 Å². The molecule has 2 bridgehead atoms. The van der Waals surface area contributed by atoms with Crippen molar-refractivity contribution >= 4 is 58.2 Å². The predicted molar refractivity (Wildman–Crippen MR) is 66.4 cm³/mol. The van der Waals surface area contributed by atoms with Crippen molar-refractivity contribution in [1.29, 1.82) is 0 Å². The van der Waals surface area contributed by atoms with E-state index >= 15 is 0 Å². The SMILES string of the molecule is CON1C(=O)[C@@H]2[C@@H](C1=O)[C@]1(Cl)C[C@]2(Cl)C(Cl)=C1Cl. The summed E-state index contributed by atoms with van der Waals surface area (Å²) in [6, 6.07) is 0. The molecule has 2 amide bonds. The molecular formula is C10H7Cl4NO3. The lowest BCUT2D eigenvalue weighted by molar-refractivity contribution is -0.181. The van der Waals surface area contributed by atoms with Crippen molar-refractivity contribution in [1.82, 2.24) is 5.06 Å². The van der Waals surface area contributed by atoms with Gasteiger partial charge in [0.1, 0.15) is 0 Å². The number of halogens is 4. The number of nitrogens with zero attached hydrogens (tertiary/aromatic N) is 1. The standard InChI is InChI=1S/C10H7Cl4NO3/c1-18-15-7(16)3-4(8(15)17)10(14)2-9(3,13)5(11)6(10)12/h3-4H,2H2,1H3/t3-,4-,9+,10+/m0/s1. The Bertz CT molecular complexity index is 479. The molecule has 0 radical (unpaired) electrons. The Labute approximate surface area is 123 Å². The maximum Gasteiger partial charge on any atom is 0.259 e. The Morgan fingerprint density at radius 2 is 1.50 bits per heavy atom. The zero-order chi connectivity index (χ0) is 13.5.